The first-order valence-electron chi connectivity index (χ1n) is 10.5. The minimum absolute atomic E-state index is 0.236. The van der Waals surface area contributed by atoms with Crippen LogP contribution in [0.4, 0.5) is 0 Å². The van der Waals surface area contributed by atoms with E-state index in [4.69, 9.17) is 9.63 Å². The summed E-state index contributed by atoms with van der Waals surface area (Å²) in [5.74, 6) is 0.103. The predicted octanol–water partition coefficient (Wildman–Crippen LogP) is 4.46. The van der Waals surface area contributed by atoms with E-state index in [0.717, 1.165) is 28.6 Å². The summed E-state index contributed by atoms with van der Waals surface area (Å²) in [4.78, 5) is 17.6. The molecule has 7 nitrogen and oxygen atoms in total. The predicted molar refractivity (Wildman–Crippen MR) is 117 cm³/mol. The fourth-order valence-corrected chi connectivity index (χ4v) is 4.08. The van der Waals surface area contributed by atoms with E-state index in [0.29, 0.717) is 30.8 Å². The van der Waals surface area contributed by atoms with Crippen LogP contribution in [0.5, 0.6) is 0 Å². The molecule has 0 bridgehead atoms. The molecule has 31 heavy (non-hydrogen) atoms. The number of nitrogens with zero attached hydrogens (tertiary/aromatic N) is 4. The molecule has 0 saturated carbocycles. The van der Waals surface area contributed by atoms with Crippen molar-refractivity contribution in [3.8, 4) is 22.8 Å². The molecule has 2 aromatic heterocycles. The van der Waals surface area contributed by atoms with E-state index in [1.165, 1.54) is 5.52 Å². The third-order valence-corrected chi connectivity index (χ3v) is 5.87. The molecule has 4 aromatic rings. The molecule has 5 rings (SSSR count). The molecule has 2 aromatic carbocycles. The van der Waals surface area contributed by atoms with Gasteiger partial charge in [0.1, 0.15) is 0 Å². The van der Waals surface area contributed by atoms with Gasteiger partial charge in [-0.2, -0.15) is 4.98 Å². The maximum atomic E-state index is 10.9. The number of carboxylic acids is 1. The Kier molecular flexibility index (Phi) is 4.82. The Bertz CT molecular complexity index is 1230. The largest absolute Gasteiger partial charge is 0.481 e. The highest BCUT2D eigenvalue weighted by Crippen LogP contribution is 2.28. The van der Waals surface area contributed by atoms with Gasteiger partial charge in [0, 0.05) is 53.9 Å². The van der Waals surface area contributed by atoms with Crippen molar-refractivity contribution in [1.29, 1.82) is 0 Å². The highest BCUT2D eigenvalue weighted by Gasteiger charge is 2.32. The standard InChI is InChI=1S/C24H24N4O3/c1-15(2)28-10-9-18-11-19(7-8-21(18)28)23-25-22(26-31-23)17-5-3-16(4-6-17)12-27-13-20(14-27)24(29)30/h3-11,15,20H,12-14H2,1-2H3,(H,29,30). The Labute approximate surface area is 179 Å². The zero-order chi connectivity index (χ0) is 21.5. The van der Waals surface area contributed by atoms with Crippen LogP contribution < -0.4 is 0 Å². The SMILES string of the molecule is CC(C)n1ccc2cc(-c3nc(-c4ccc(CN5CC(C(=O)O)C5)cc4)no3)ccc21. The topological polar surface area (TPSA) is 84.4 Å². The van der Waals surface area contributed by atoms with Crippen LogP contribution in [0.15, 0.2) is 59.3 Å². The second-order valence-corrected chi connectivity index (χ2v) is 8.44. The number of hydrogen-bond donors (Lipinski definition) is 1. The summed E-state index contributed by atoms with van der Waals surface area (Å²) in [5.41, 5.74) is 4.11. The van der Waals surface area contributed by atoms with Gasteiger partial charge in [0.2, 0.25) is 5.82 Å². The number of benzene rings is 2. The summed E-state index contributed by atoms with van der Waals surface area (Å²) in [6.45, 7) is 6.29. The molecule has 7 heteroatoms. The lowest BCUT2D eigenvalue weighted by Gasteiger charge is -2.36. The number of carbonyl (C=O) groups is 1. The van der Waals surface area contributed by atoms with Crippen LogP contribution in [0.1, 0.15) is 25.5 Å². The van der Waals surface area contributed by atoms with Crippen LogP contribution in [0.3, 0.4) is 0 Å². The van der Waals surface area contributed by atoms with Gasteiger partial charge in [-0.25, -0.2) is 0 Å². The first kappa shape index (κ1) is 19.5. The Balaban J connectivity index is 1.30. The molecular formula is C24H24N4O3. The van der Waals surface area contributed by atoms with Crippen LogP contribution in [0.2, 0.25) is 0 Å². The van der Waals surface area contributed by atoms with E-state index in [1.54, 1.807) is 0 Å². The van der Waals surface area contributed by atoms with Crippen LogP contribution in [-0.4, -0.2) is 43.8 Å². The average Bonchev–Trinajstić information content (AvgIpc) is 3.37. The minimum Gasteiger partial charge on any atom is -0.481 e. The van der Waals surface area contributed by atoms with E-state index >= 15 is 0 Å². The first-order chi connectivity index (χ1) is 15.0. The number of aromatic nitrogens is 3. The second-order valence-electron chi connectivity index (χ2n) is 8.44. The van der Waals surface area contributed by atoms with Gasteiger partial charge in [-0.05, 0) is 43.7 Å². The number of fused-ring (bicyclic) bond motifs is 1. The van der Waals surface area contributed by atoms with Gasteiger partial charge in [0.25, 0.3) is 5.89 Å². The summed E-state index contributed by atoms with van der Waals surface area (Å²) in [7, 11) is 0. The van der Waals surface area contributed by atoms with Gasteiger partial charge in [-0.1, -0.05) is 29.4 Å². The molecule has 0 amide bonds. The lowest BCUT2D eigenvalue weighted by Crippen LogP contribution is -2.49. The Morgan fingerprint density at radius 2 is 1.87 bits per heavy atom. The summed E-state index contributed by atoms with van der Waals surface area (Å²) in [5, 5.41) is 14.3. The first-order valence-corrected chi connectivity index (χ1v) is 10.5. The highest BCUT2D eigenvalue weighted by atomic mass is 16.5. The van der Waals surface area contributed by atoms with E-state index < -0.39 is 5.97 Å². The zero-order valence-electron chi connectivity index (χ0n) is 17.5. The molecule has 1 saturated heterocycles. The monoisotopic (exact) mass is 416 g/mol. The van der Waals surface area contributed by atoms with Crippen molar-refractivity contribution in [1.82, 2.24) is 19.6 Å². The molecule has 0 radical (unpaired) electrons. The maximum absolute atomic E-state index is 10.9. The number of likely N-dealkylation sites (tertiary alicyclic amines) is 1. The van der Waals surface area contributed by atoms with Crippen molar-refractivity contribution < 1.29 is 14.4 Å². The number of rotatable bonds is 6. The van der Waals surface area contributed by atoms with E-state index in [1.807, 2.05) is 30.3 Å². The van der Waals surface area contributed by atoms with Crippen LogP contribution in [-0.2, 0) is 11.3 Å². The van der Waals surface area contributed by atoms with Crippen molar-refractivity contribution in [3.05, 3.63) is 60.3 Å². The highest BCUT2D eigenvalue weighted by molar-refractivity contribution is 5.84. The van der Waals surface area contributed by atoms with Gasteiger partial charge < -0.3 is 14.2 Å². The Morgan fingerprint density at radius 3 is 2.58 bits per heavy atom. The van der Waals surface area contributed by atoms with Crippen molar-refractivity contribution in [2.45, 2.75) is 26.4 Å². The van der Waals surface area contributed by atoms with Crippen molar-refractivity contribution in [2.24, 2.45) is 5.92 Å². The van der Waals surface area contributed by atoms with Crippen LogP contribution >= 0.6 is 0 Å². The molecule has 1 aliphatic heterocycles. The van der Waals surface area contributed by atoms with Crippen LogP contribution in [0, 0.1) is 5.92 Å². The zero-order valence-corrected chi connectivity index (χ0v) is 17.5. The lowest BCUT2D eigenvalue weighted by molar-refractivity contribution is -0.147. The van der Waals surface area contributed by atoms with Gasteiger partial charge >= 0.3 is 5.97 Å². The summed E-state index contributed by atoms with van der Waals surface area (Å²) in [6.07, 6.45) is 2.10. The Morgan fingerprint density at radius 1 is 1.13 bits per heavy atom. The third-order valence-electron chi connectivity index (χ3n) is 5.87. The number of aliphatic carboxylic acids is 1. The van der Waals surface area contributed by atoms with Gasteiger partial charge in [0.15, 0.2) is 0 Å². The molecule has 0 unspecified atom stereocenters. The molecular weight excluding hydrogens is 392 g/mol. The average molecular weight is 416 g/mol. The number of carboxylic acid groups (broad SMARTS) is 1. The molecule has 158 valence electrons. The van der Waals surface area contributed by atoms with E-state index in [9.17, 15) is 4.79 Å². The van der Waals surface area contributed by atoms with Gasteiger partial charge in [0.05, 0.1) is 5.92 Å². The smallest absolute Gasteiger partial charge is 0.309 e. The van der Waals surface area contributed by atoms with E-state index in [2.05, 4.69) is 57.9 Å². The minimum atomic E-state index is -0.712. The Hall–Kier alpha value is -3.45. The quantitative estimate of drug-likeness (QED) is 0.500. The molecule has 1 aliphatic rings. The lowest BCUT2D eigenvalue weighted by atomic mass is 9.99. The fraction of sp³-hybridized carbons (Fsp3) is 0.292. The molecule has 1 fully saturated rings. The molecule has 3 heterocycles. The van der Waals surface area contributed by atoms with Gasteiger partial charge in [-0.15, -0.1) is 0 Å². The fourth-order valence-electron chi connectivity index (χ4n) is 4.08. The van der Waals surface area contributed by atoms with Crippen molar-refractivity contribution in [2.75, 3.05) is 13.1 Å². The number of hydrogen-bond acceptors (Lipinski definition) is 5. The van der Waals surface area contributed by atoms with Gasteiger partial charge in [-0.3, -0.25) is 9.69 Å². The summed E-state index contributed by atoms with van der Waals surface area (Å²) in [6, 6.07) is 16.7. The maximum Gasteiger partial charge on any atom is 0.309 e. The molecule has 0 atom stereocenters. The normalized spacial score (nSPS) is 14.9. The molecule has 1 N–H and O–H groups in total. The van der Waals surface area contributed by atoms with Crippen molar-refractivity contribution in [3.63, 3.8) is 0 Å². The second kappa shape index (κ2) is 7.67. The molecule has 0 aliphatic carbocycles. The van der Waals surface area contributed by atoms with Crippen LogP contribution in [0.25, 0.3) is 33.7 Å². The summed E-state index contributed by atoms with van der Waals surface area (Å²) >= 11 is 0. The summed E-state index contributed by atoms with van der Waals surface area (Å²) < 4.78 is 7.77. The van der Waals surface area contributed by atoms with E-state index in [-0.39, 0.29) is 5.92 Å². The molecule has 0 spiro atoms. The van der Waals surface area contributed by atoms with Crippen molar-refractivity contribution >= 4 is 16.9 Å². The third kappa shape index (κ3) is 3.72.